The third-order valence-electron chi connectivity index (χ3n) is 1.89. The lowest BCUT2D eigenvalue weighted by atomic mass is 10.2. The number of carbonyl (C=O) groups is 1. The van der Waals surface area contributed by atoms with Gasteiger partial charge in [0.15, 0.2) is 0 Å². The normalized spacial score (nSPS) is 9.80. The Balaban J connectivity index is 3.05. The second kappa shape index (κ2) is 5.31. The van der Waals surface area contributed by atoms with E-state index in [1.165, 1.54) is 20.3 Å². The molecule has 0 bridgehead atoms. The molecular formula is C10H14N2O3. The number of ether oxygens (including phenoxy) is 2. The Morgan fingerprint density at radius 1 is 1.47 bits per heavy atom. The van der Waals surface area contributed by atoms with E-state index in [1.54, 1.807) is 6.07 Å². The number of esters is 1. The first-order valence-electron chi connectivity index (χ1n) is 4.54. The van der Waals surface area contributed by atoms with Crippen molar-refractivity contribution in [2.45, 2.75) is 6.42 Å². The van der Waals surface area contributed by atoms with Crippen LogP contribution in [0.4, 0.5) is 0 Å². The van der Waals surface area contributed by atoms with Crippen molar-refractivity contribution in [1.29, 1.82) is 0 Å². The van der Waals surface area contributed by atoms with Gasteiger partial charge in [-0.25, -0.2) is 9.78 Å². The van der Waals surface area contributed by atoms with Gasteiger partial charge in [0.05, 0.1) is 19.8 Å². The van der Waals surface area contributed by atoms with Crippen molar-refractivity contribution in [3.05, 3.63) is 23.4 Å². The van der Waals surface area contributed by atoms with Crippen LogP contribution < -0.4 is 10.5 Å². The molecule has 5 heteroatoms. The fraction of sp³-hybridized carbons (Fsp3) is 0.400. The maximum Gasteiger partial charge on any atom is 0.338 e. The summed E-state index contributed by atoms with van der Waals surface area (Å²) in [4.78, 5) is 15.4. The highest BCUT2D eigenvalue weighted by Gasteiger charge is 2.09. The molecule has 1 rings (SSSR count). The number of pyridine rings is 1. The lowest BCUT2D eigenvalue weighted by Gasteiger charge is -2.05. The molecule has 0 radical (unpaired) electrons. The number of aromatic nitrogens is 1. The van der Waals surface area contributed by atoms with Crippen LogP contribution in [0.3, 0.4) is 0 Å². The van der Waals surface area contributed by atoms with E-state index in [9.17, 15) is 4.79 Å². The van der Waals surface area contributed by atoms with Gasteiger partial charge in [0.2, 0.25) is 5.88 Å². The van der Waals surface area contributed by atoms with Crippen LogP contribution in [0.1, 0.15) is 16.1 Å². The summed E-state index contributed by atoms with van der Waals surface area (Å²) in [5.41, 5.74) is 6.56. The van der Waals surface area contributed by atoms with E-state index in [2.05, 4.69) is 9.72 Å². The smallest absolute Gasteiger partial charge is 0.338 e. The molecule has 0 atom stereocenters. The zero-order valence-electron chi connectivity index (χ0n) is 8.82. The first kappa shape index (κ1) is 11.5. The highest BCUT2D eigenvalue weighted by molar-refractivity contribution is 5.89. The summed E-state index contributed by atoms with van der Waals surface area (Å²) in [6, 6.07) is 3.19. The van der Waals surface area contributed by atoms with Gasteiger partial charge in [0.25, 0.3) is 0 Å². The van der Waals surface area contributed by atoms with Crippen molar-refractivity contribution in [3.63, 3.8) is 0 Å². The van der Waals surface area contributed by atoms with E-state index in [1.807, 2.05) is 0 Å². The fourth-order valence-corrected chi connectivity index (χ4v) is 1.18. The van der Waals surface area contributed by atoms with Gasteiger partial charge in [-0.2, -0.15) is 0 Å². The van der Waals surface area contributed by atoms with E-state index in [0.29, 0.717) is 24.4 Å². The average Bonchev–Trinajstić information content (AvgIpc) is 2.28. The minimum atomic E-state index is -0.408. The third-order valence-corrected chi connectivity index (χ3v) is 1.89. The van der Waals surface area contributed by atoms with Gasteiger partial charge in [-0.15, -0.1) is 0 Å². The van der Waals surface area contributed by atoms with Crippen molar-refractivity contribution < 1.29 is 14.3 Å². The summed E-state index contributed by atoms with van der Waals surface area (Å²) in [5.74, 6) is -0.0182. The van der Waals surface area contributed by atoms with Crippen LogP contribution in [-0.4, -0.2) is 31.7 Å². The van der Waals surface area contributed by atoms with E-state index in [4.69, 9.17) is 10.5 Å². The van der Waals surface area contributed by atoms with Crippen LogP contribution in [0.2, 0.25) is 0 Å². The predicted octanol–water partition coefficient (Wildman–Crippen LogP) is 0.378. The maximum atomic E-state index is 11.3. The van der Waals surface area contributed by atoms with Crippen LogP contribution in [0.25, 0.3) is 0 Å². The largest absolute Gasteiger partial charge is 0.481 e. The van der Waals surface area contributed by atoms with Crippen LogP contribution in [0, 0.1) is 0 Å². The molecule has 0 aromatic carbocycles. The maximum absolute atomic E-state index is 11.3. The number of hydrogen-bond acceptors (Lipinski definition) is 5. The highest BCUT2D eigenvalue weighted by atomic mass is 16.5. The Labute approximate surface area is 88.2 Å². The van der Waals surface area contributed by atoms with Crippen molar-refractivity contribution in [3.8, 4) is 5.88 Å². The molecule has 1 aromatic heterocycles. The number of nitrogens with two attached hydrogens (primary N) is 1. The van der Waals surface area contributed by atoms with Gasteiger partial charge >= 0.3 is 5.97 Å². The van der Waals surface area contributed by atoms with Crippen molar-refractivity contribution in [2.75, 3.05) is 20.8 Å². The van der Waals surface area contributed by atoms with Gasteiger partial charge in [-0.1, -0.05) is 0 Å². The molecule has 0 aliphatic rings. The molecule has 0 spiro atoms. The summed E-state index contributed by atoms with van der Waals surface area (Å²) < 4.78 is 9.59. The van der Waals surface area contributed by atoms with Crippen LogP contribution >= 0.6 is 0 Å². The number of carbonyl (C=O) groups excluding carboxylic acids is 1. The molecule has 0 unspecified atom stereocenters. The predicted molar refractivity (Wildman–Crippen MR) is 54.9 cm³/mol. The molecule has 82 valence electrons. The molecule has 0 saturated carbocycles. The van der Waals surface area contributed by atoms with Crippen molar-refractivity contribution in [1.82, 2.24) is 4.98 Å². The Hall–Kier alpha value is -1.62. The minimum absolute atomic E-state index is 0.390. The number of hydrogen-bond donors (Lipinski definition) is 1. The number of nitrogens with zero attached hydrogens (tertiary/aromatic N) is 1. The molecule has 0 saturated heterocycles. The topological polar surface area (TPSA) is 74.4 Å². The summed E-state index contributed by atoms with van der Waals surface area (Å²) >= 11 is 0. The highest BCUT2D eigenvalue weighted by Crippen LogP contribution is 2.13. The van der Waals surface area contributed by atoms with Gasteiger partial charge < -0.3 is 15.2 Å². The summed E-state index contributed by atoms with van der Waals surface area (Å²) in [6.45, 7) is 0.473. The minimum Gasteiger partial charge on any atom is -0.481 e. The monoisotopic (exact) mass is 210 g/mol. The van der Waals surface area contributed by atoms with Gasteiger partial charge in [-0.05, 0) is 12.6 Å². The zero-order chi connectivity index (χ0) is 11.3. The quantitative estimate of drug-likeness (QED) is 0.727. The molecule has 5 nitrogen and oxygen atoms in total. The molecule has 0 aliphatic carbocycles. The lowest BCUT2D eigenvalue weighted by Crippen LogP contribution is -2.08. The fourth-order valence-electron chi connectivity index (χ4n) is 1.18. The Bertz CT molecular complexity index is 353. The second-order valence-electron chi connectivity index (χ2n) is 2.92. The van der Waals surface area contributed by atoms with E-state index in [0.717, 1.165) is 5.69 Å². The van der Waals surface area contributed by atoms with Gasteiger partial charge in [0.1, 0.15) is 0 Å². The Morgan fingerprint density at radius 2 is 2.20 bits per heavy atom. The molecule has 0 aliphatic heterocycles. The molecule has 15 heavy (non-hydrogen) atoms. The first-order valence-corrected chi connectivity index (χ1v) is 4.54. The van der Waals surface area contributed by atoms with Gasteiger partial charge in [-0.3, -0.25) is 0 Å². The molecule has 0 fully saturated rings. The third kappa shape index (κ3) is 2.92. The van der Waals surface area contributed by atoms with Crippen LogP contribution in [-0.2, 0) is 11.2 Å². The Morgan fingerprint density at radius 3 is 2.73 bits per heavy atom. The molecule has 2 N–H and O–H groups in total. The summed E-state index contributed by atoms with van der Waals surface area (Å²) in [6.07, 6.45) is 0.598. The summed E-state index contributed by atoms with van der Waals surface area (Å²) in [5, 5.41) is 0. The second-order valence-corrected chi connectivity index (χ2v) is 2.92. The SMILES string of the molecule is COC(=O)c1cc(CCN)nc(OC)c1. The van der Waals surface area contributed by atoms with E-state index >= 15 is 0 Å². The van der Waals surface area contributed by atoms with Crippen LogP contribution in [0.5, 0.6) is 5.88 Å². The first-order chi connectivity index (χ1) is 7.21. The molecular weight excluding hydrogens is 196 g/mol. The van der Waals surface area contributed by atoms with Crippen molar-refractivity contribution >= 4 is 5.97 Å². The lowest BCUT2D eigenvalue weighted by molar-refractivity contribution is 0.0600. The zero-order valence-corrected chi connectivity index (χ0v) is 8.82. The van der Waals surface area contributed by atoms with Crippen molar-refractivity contribution in [2.24, 2.45) is 5.73 Å². The van der Waals surface area contributed by atoms with E-state index in [-0.39, 0.29) is 0 Å². The average molecular weight is 210 g/mol. The molecule has 0 amide bonds. The Kier molecular flexibility index (Phi) is 4.05. The van der Waals surface area contributed by atoms with Gasteiger partial charge in [0, 0.05) is 18.2 Å². The number of methoxy groups -OCH3 is 2. The number of rotatable bonds is 4. The molecule has 1 aromatic rings. The summed E-state index contributed by atoms with van der Waals surface area (Å²) in [7, 11) is 2.83. The van der Waals surface area contributed by atoms with Crippen LogP contribution in [0.15, 0.2) is 12.1 Å². The molecule has 1 heterocycles. The standard InChI is InChI=1S/C10H14N2O3/c1-14-9-6-7(10(13)15-2)5-8(12-9)3-4-11/h5-6H,3-4,11H2,1-2H3. The van der Waals surface area contributed by atoms with E-state index < -0.39 is 5.97 Å².